The standard InChI is InChI=1S/C22H26N2O2/c25-21(26)18(15-19-6-3-4-12-23-19)16-24-13-10-22(11-14-24)9-8-17-5-1-2-7-20(17)22/h1-7,12,18H,8-11,13-16H2,(H,25,26). The van der Waals surface area contributed by atoms with E-state index in [2.05, 4.69) is 34.1 Å². The summed E-state index contributed by atoms with van der Waals surface area (Å²) >= 11 is 0. The number of pyridine rings is 1. The molecule has 26 heavy (non-hydrogen) atoms. The van der Waals surface area contributed by atoms with Gasteiger partial charge in [-0.05, 0) is 67.4 Å². The third-order valence-corrected chi connectivity index (χ3v) is 6.28. The zero-order valence-corrected chi connectivity index (χ0v) is 15.1. The Morgan fingerprint density at radius 2 is 1.88 bits per heavy atom. The Balaban J connectivity index is 1.39. The molecule has 1 unspecified atom stereocenters. The summed E-state index contributed by atoms with van der Waals surface area (Å²) in [4.78, 5) is 18.4. The summed E-state index contributed by atoms with van der Waals surface area (Å²) in [5, 5.41) is 9.65. The van der Waals surface area contributed by atoms with Crippen LogP contribution in [0.25, 0.3) is 0 Å². The first kappa shape index (κ1) is 17.2. The van der Waals surface area contributed by atoms with Crippen molar-refractivity contribution in [1.29, 1.82) is 0 Å². The molecule has 1 fully saturated rings. The number of likely N-dealkylation sites (tertiary alicyclic amines) is 1. The van der Waals surface area contributed by atoms with E-state index in [1.54, 1.807) is 11.8 Å². The van der Waals surface area contributed by atoms with Gasteiger partial charge in [0.15, 0.2) is 0 Å². The number of carboxylic acid groups (broad SMARTS) is 1. The number of nitrogens with zero attached hydrogens (tertiary/aromatic N) is 2. The van der Waals surface area contributed by atoms with Crippen LogP contribution in [0.3, 0.4) is 0 Å². The second-order valence-corrected chi connectivity index (χ2v) is 7.80. The summed E-state index contributed by atoms with van der Waals surface area (Å²) in [6.07, 6.45) is 6.95. The first-order valence-electron chi connectivity index (χ1n) is 9.60. The van der Waals surface area contributed by atoms with Crippen LogP contribution in [-0.2, 0) is 23.1 Å². The van der Waals surface area contributed by atoms with E-state index in [0.717, 1.165) is 31.6 Å². The van der Waals surface area contributed by atoms with Gasteiger partial charge in [0.05, 0.1) is 5.92 Å². The van der Waals surface area contributed by atoms with Crippen molar-refractivity contribution >= 4 is 5.97 Å². The Morgan fingerprint density at radius 3 is 2.62 bits per heavy atom. The molecule has 4 nitrogen and oxygen atoms in total. The number of benzene rings is 1. The second-order valence-electron chi connectivity index (χ2n) is 7.80. The van der Waals surface area contributed by atoms with Crippen molar-refractivity contribution in [2.75, 3.05) is 19.6 Å². The van der Waals surface area contributed by atoms with Crippen molar-refractivity contribution in [1.82, 2.24) is 9.88 Å². The molecule has 1 aliphatic heterocycles. The van der Waals surface area contributed by atoms with Gasteiger partial charge in [-0.1, -0.05) is 30.3 Å². The molecule has 0 bridgehead atoms. The van der Waals surface area contributed by atoms with Crippen LogP contribution in [0.15, 0.2) is 48.7 Å². The number of piperidine rings is 1. The maximum Gasteiger partial charge on any atom is 0.308 e. The van der Waals surface area contributed by atoms with Crippen molar-refractivity contribution in [3.63, 3.8) is 0 Å². The third-order valence-electron chi connectivity index (χ3n) is 6.28. The minimum absolute atomic E-state index is 0.326. The van der Waals surface area contributed by atoms with Gasteiger partial charge in [-0.25, -0.2) is 0 Å². The number of aliphatic carboxylic acids is 1. The molecule has 1 spiro atoms. The molecule has 2 heterocycles. The summed E-state index contributed by atoms with van der Waals surface area (Å²) in [6, 6.07) is 14.6. The largest absolute Gasteiger partial charge is 0.481 e. The van der Waals surface area contributed by atoms with E-state index in [1.165, 1.54) is 18.4 Å². The molecule has 136 valence electrons. The zero-order valence-electron chi connectivity index (χ0n) is 15.1. The lowest BCUT2D eigenvalue weighted by Gasteiger charge is -2.41. The highest BCUT2D eigenvalue weighted by Gasteiger charge is 2.41. The topological polar surface area (TPSA) is 53.4 Å². The molecule has 1 saturated heterocycles. The molecular weight excluding hydrogens is 324 g/mol. The van der Waals surface area contributed by atoms with Crippen molar-refractivity contribution < 1.29 is 9.90 Å². The lowest BCUT2D eigenvalue weighted by molar-refractivity contribution is -0.142. The number of aryl methyl sites for hydroxylation is 1. The first-order chi connectivity index (χ1) is 12.7. The number of rotatable bonds is 5. The van der Waals surface area contributed by atoms with Crippen molar-refractivity contribution in [2.45, 2.75) is 37.5 Å². The molecule has 4 heteroatoms. The van der Waals surface area contributed by atoms with Gasteiger partial charge >= 0.3 is 5.97 Å². The van der Waals surface area contributed by atoms with Gasteiger partial charge in [-0.15, -0.1) is 0 Å². The van der Waals surface area contributed by atoms with Crippen LogP contribution in [0.5, 0.6) is 0 Å². The lowest BCUT2D eigenvalue weighted by atomic mass is 9.73. The monoisotopic (exact) mass is 350 g/mol. The minimum Gasteiger partial charge on any atom is -0.481 e. The molecule has 1 aromatic carbocycles. The Bertz CT molecular complexity index is 767. The Hall–Kier alpha value is -2.20. The SMILES string of the molecule is O=C(O)C(Cc1ccccn1)CN1CCC2(CCc3ccccc32)CC1. The second kappa shape index (κ2) is 7.20. The predicted molar refractivity (Wildman–Crippen MR) is 101 cm³/mol. The van der Waals surface area contributed by atoms with Crippen LogP contribution >= 0.6 is 0 Å². The number of hydrogen-bond acceptors (Lipinski definition) is 3. The molecule has 0 amide bonds. The fourth-order valence-electron chi connectivity index (χ4n) is 4.76. The number of fused-ring (bicyclic) bond motifs is 2. The van der Waals surface area contributed by atoms with E-state index >= 15 is 0 Å². The molecule has 4 rings (SSSR count). The van der Waals surface area contributed by atoms with E-state index in [4.69, 9.17) is 0 Å². The minimum atomic E-state index is -0.720. The van der Waals surface area contributed by atoms with Gasteiger partial charge in [0.2, 0.25) is 0 Å². The van der Waals surface area contributed by atoms with Gasteiger partial charge in [0, 0.05) is 24.9 Å². The summed E-state index contributed by atoms with van der Waals surface area (Å²) in [6.45, 7) is 2.59. The number of carbonyl (C=O) groups is 1. The van der Waals surface area contributed by atoms with Crippen molar-refractivity contribution in [2.24, 2.45) is 5.92 Å². The quantitative estimate of drug-likeness (QED) is 0.899. The highest BCUT2D eigenvalue weighted by atomic mass is 16.4. The smallest absolute Gasteiger partial charge is 0.308 e. The van der Waals surface area contributed by atoms with E-state index in [1.807, 2.05) is 18.2 Å². The van der Waals surface area contributed by atoms with Gasteiger partial charge in [0.1, 0.15) is 0 Å². The molecule has 1 atom stereocenters. The fraction of sp³-hybridized carbons (Fsp3) is 0.455. The number of aromatic nitrogens is 1. The first-order valence-corrected chi connectivity index (χ1v) is 9.60. The molecule has 0 saturated carbocycles. The van der Waals surface area contributed by atoms with Gasteiger partial charge in [0.25, 0.3) is 0 Å². The normalized spacial score (nSPS) is 20.0. The van der Waals surface area contributed by atoms with E-state index in [-0.39, 0.29) is 0 Å². The molecule has 2 aliphatic rings. The Morgan fingerprint density at radius 1 is 1.12 bits per heavy atom. The van der Waals surface area contributed by atoms with E-state index in [0.29, 0.717) is 18.4 Å². The van der Waals surface area contributed by atoms with Crippen LogP contribution in [0.1, 0.15) is 36.1 Å². The lowest BCUT2D eigenvalue weighted by Crippen LogP contribution is -2.44. The molecule has 1 aliphatic carbocycles. The Kier molecular flexibility index (Phi) is 4.77. The summed E-state index contributed by atoms with van der Waals surface area (Å²) in [7, 11) is 0. The zero-order chi connectivity index (χ0) is 18.0. The summed E-state index contributed by atoms with van der Waals surface area (Å²) < 4.78 is 0. The van der Waals surface area contributed by atoms with E-state index < -0.39 is 11.9 Å². The van der Waals surface area contributed by atoms with Crippen molar-refractivity contribution in [3.05, 3.63) is 65.5 Å². The van der Waals surface area contributed by atoms with E-state index in [9.17, 15) is 9.90 Å². The maximum absolute atomic E-state index is 11.7. The fourth-order valence-corrected chi connectivity index (χ4v) is 4.76. The average molecular weight is 350 g/mol. The molecule has 0 radical (unpaired) electrons. The number of carboxylic acids is 1. The van der Waals surface area contributed by atoms with Crippen LogP contribution in [0, 0.1) is 5.92 Å². The highest BCUT2D eigenvalue weighted by Crippen LogP contribution is 2.46. The van der Waals surface area contributed by atoms with Gasteiger partial charge in [-0.3, -0.25) is 9.78 Å². The maximum atomic E-state index is 11.7. The molecule has 1 N–H and O–H groups in total. The number of hydrogen-bond donors (Lipinski definition) is 1. The molecule has 1 aromatic heterocycles. The van der Waals surface area contributed by atoms with Crippen LogP contribution in [-0.4, -0.2) is 40.6 Å². The third kappa shape index (κ3) is 3.38. The van der Waals surface area contributed by atoms with Crippen LogP contribution < -0.4 is 0 Å². The van der Waals surface area contributed by atoms with Crippen LogP contribution in [0.4, 0.5) is 0 Å². The van der Waals surface area contributed by atoms with Gasteiger partial charge in [-0.2, -0.15) is 0 Å². The average Bonchev–Trinajstić information content (AvgIpc) is 3.02. The predicted octanol–water partition coefficient (Wildman–Crippen LogP) is 3.30. The Labute approximate surface area is 154 Å². The summed E-state index contributed by atoms with van der Waals surface area (Å²) in [5.41, 5.74) is 4.24. The van der Waals surface area contributed by atoms with Crippen molar-refractivity contribution in [3.8, 4) is 0 Å². The summed E-state index contributed by atoms with van der Waals surface area (Å²) in [5.74, 6) is -1.11. The van der Waals surface area contributed by atoms with Gasteiger partial charge < -0.3 is 10.0 Å². The van der Waals surface area contributed by atoms with Crippen LogP contribution in [0.2, 0.25) is 0 Å². The molecule has 2 aromatic rings. The molecular formula is C22H26N2O2. The highest BCUT2D eigenvalue weighted by molar-refractivity contribution is 5.70.